The van der Waals surface area contributed by atoms with Gasteiger partial charge in [-0.25, -0.2) is 0 Å². The lowest BCUT2D eigenvalue weighted by molar-refractivity contribution is -0.122. The Balaban J connectivity index is 1.31. The number of para-hydroxylation sites is 1. The van der Waals surface area contributed by atoms with Gasteiger partial charge in [0.05, 0.1) is 17.8 Å². The normalized spacial score (nSPS) is 17.9. The van der Waals surface area contributed by atoms with Crippen LogP contribution in [0.1, 0.15) is 58.0 Å². The highest BCUT2D eigenvalue weighted by molar-refractivity contribution is 6.11. The second kappa shape index (κ2) is 10.4. The van der Waals surface area contributed by atoms with Gasteiger partial charge in [-0.05, 0) is 68.0 Å². The van der Waals surface area contributed by atoms with Crippen LogP contribution in [0.2, 0.25) is 0 Å². The molecule has 5 rings (SSSR count). The Hall–Kier alpha value is -3.93. The fraction of sp³-hybridized carbons (Fsp3) is 0.300. The zero-order chi connectivity index (χ0) is 25.1. The summed E-state index contributed by atoms with van der Waals surface area (Å²) in [6.07, 6.45) is 3.25. The van der Waals surface area contributed by atoms with Gasteiger partial charge in [-0.2, -0.15) is 0 Å². The van der Waals surface area contributed by atoms with Crippen molar-refractivity contribution in [2.75, 3.05) is 11.4 Å². The molecular weight excluding hydrogens is 450 g/mol. The van der Waals surface area contributed by atoms with E-state index < -0.39 is 6.04 Å². The predicted octanol–water partition coefficient (Wildman–Crippen LogP) is 4.59. The third kappa shape index (κ3) is 4.89. The van der Waals surface area contributed by atoms with Crippen LogP contribution >= 0.6 is 0 Å². The maximum absolute atomic E-state index is 13.5. The van der Waals surface area contributed by atoms with Crippen LogP contribution in [0.3, 0.4) is 0 Å². The first-order valence-corrected chi connectivity index (χ1v) is 12.7. The number of nitrogens with one attached hydrogen (secondary N) is 1. The minimum Gasteiger partial charge on any atom is -0.350 e. The molecule has 2 aliphatic rings. The number of rotatable bonds is 7. The summed E-state index contributed by atoms with van der Waals surface area (Å²) in [5.74, 6) is -0.270. The van der Waals surface area contributed by atoms with Crippen molar-refractivity contribution in [2.24, 2.45) is 0 Å². The van der Waals surface area contributed by atoms with Crippen molar-refractivity contribution in [2.45, 2.75) is 51.2 Å². The summed E-state index contributed by atoms with van der Waals surface area (Å²) in [6.45, 7) is 2.93. The smallest absolute Gasteiger partial charge is 0.256 e. The van der Waals surface area contributed by atoms with Crippen molar-refractivity contribution in [3.63, 3.8) is 0 Å². The molecule has 0 bridgehead atoms. The van der Waals surface area contributed by atoms with Gasteiger partial charge in [0, 0.05) is 18.2 Å². The van der Waals surface area contributed by atoms with Crippen LogP contribution in [0, 0.1) is 0 Å². The molecule has 36 heavy (non-hydrogen) atoms. The number of carbonyl (C=O) groups is 3. The largest absolute Gasteiger partial charge is 0.350 e. The van der Waals surface area contributed by atoms with E-state index in [9.17, 15) is 14.4 Å². The molecule has 2 atom stereocenters. The maximum atomic E-state index is 13.5. The number of aryl methyl sites for hydroxylation is 1. The van der Waals surface area contributed by atoms with E-state index in [0.29, 0.717) is 36.3 Å². The molecule has 0 aromatic heterocycles. The van der Waals surface area contributed by atoms with Crippen LogP contribution in [0.15, 0.2) is 78.9 Å². The van der Waals surface area contributed by atoms with E-state index >= 15 is 0 Å². The van der Waals surface area contributed by atoms with Crippen molar-refractivity contribution in [3.05, 3.63) is 101 Å². The second-order valence-electron chi connectivity index (χ2n) is 9.70. The van der Waals surface area contributed by atoms with Crippen molar-refractivity contribution in [1.29, 1.82) is 0 Å². The topological polar surface area (TPSA) is 69.7 Å². The van der Waals surface area contributed by atoms with Gasteiger partial charge in [0.15, 0.2) is 0 Å². The van der Waals surface area contributed by atoms with Crippen molar-refractivity contribution >= 4 is 23.4 Å². The molecule has 2 heterocycles. The summed E-state index contributed by atoms with van der Waals surface area (Å²) < 4.78 is 0. The lowest BCUT2D eigenvalue weighted by atomic mass is 10.0. The Bertz CT molecular complexity index is 1270. The Kier molecular flexibility index (Phi) is 6.85. The van der Waals surface area contributed by atoms with Gasteiger partial charge in [0.25, 0.3) is 11.8 Å². The molecule has 3 amide bonds. The highest BCUT2D eigenvalue weighted by atomic mass is 16.2. The lowest BCUT2D eigenvalue weighted by Gasteiger charge is -2.26. The van der Waals surface area contributed by atoms with Crippen molar-refractivity contribution < 1.29 is 14.4 Å². The molecule has 3 aromatic carbocycles. The zero-order valence-electron chi connectivity index (χ0n) is 20.5. The standard InChI is InChI=1S/C30H31N3O3/c1-21(16-17-22-9-3-2-4-10-22)31-28(34)24-12-7-11-23(19-24)20-33-26-14-6-5-13-25(26)29(35)32-18-8-15-27(32)30(33)36/h2-7,9-14,19,21,27H,8,15-18,20H2,1H3,(H,31,34)/t21-,27+/m1/s1. The molecular formula is C30H31N3O3. The summed E-state index contributed by atoms with van der Waals surface area (Å²) in [6, 6.07) is 24.6. The van der Waals surface area contributed by atoms with Crippen LogP contribution in [0.25, 0.3) is 0 Å². The molecule has 1 N–H and O–H groups in total. The molecule has 1 saturated heterocycles. The molecule has 0 spiro atoms. The van der Waals surface area contributed by atoms with Crippen LogP contribution < -0.4 is 10.2 Å². The Morgan fingerprint density at radius 1 is 0.972 bits per heavy atom. The summed E-state index contributed by atoms with van der Waals surface area (Å²) in [4.78, 5) is 43.1. The number of nitrogens with zero attached hydrogens (tertiary/aromatic N) is 2. The van der Waals surface area contributed by atoms with Crippen molar-refractivity contribution in [1.82, 2.24) is 10.2 Å². The number of amides is 3. The van der Waals surface area contributed by atoms with Crippen LogP contribution in [0.4, 0.5) is 5.69 Å². The first kappa shape index (κ1) is 23.8. The quantitative estimate of drug-likeness (QED) is 0.537. The van der Waals surface area contributed by atoms with Gasteiger partial charge in [0.2, 0.25) is 5.91 Å². The van der Waals surface area contributed by atoms with Gasteiger partial charge in [-0.3, -0.25) is 14.4 Å². The maximum Gasteiger partial charge on any atom is 0.256 e. The molecule has 0 radical (unpaired) electrons. The van der Waals surface area contributed by atoms with Gasteiger partial charge in [0.1, 0.15) is 6.04 Å². The molecule has 0 unspecified atom stereocenters. The number of hydrogen-bond donors (Lipinski definition) is 1. The highest BCUT2D eigenvalue weighted by Gasteiger charge is 2.41. The Morgan fingerprint density at radius 2 is 1.72 bits per heavy atom. The van der Waals surface area contributed by atoms with E-state index in [-0.39, 0.29) is 23.8 Å². The van der Waals surface area contributed by atoms with Gasteiger partial charge >= 0.3 is 0 Å². The third-order valence-corrected chi connectivity index (χ3v) is 7.11. The second-order valence-corrected chi connectivity index (χ2v) is 9.70. The van der Waals surface area contributed by atoms with Crippen LogP contribution in [-0.4, -0.2) is 41.2 Å². The van der Waals surface area contributed by atoms with E-state index in [2.05, 4.69) is 17.4 Å². The molecule has 1 fully saturated rings. The van der Waals surface area contributed by atoms with E-state index in [1.54, 1.807) is 21.9 Å². The summed E-state index contributed by atoms with van der Waals surface area (Å²) in [5.41, 5.74) is 3.85. The number of benzene rings is 3. The SMILES string of the molecule is C[C@H](CCc1ccccc1)NC(=O)c1cccc(CN2C(=O)[C@@H]3CCCN3C(=O)c3ccccc32)c1. The van der Waals surface area contributed by atoms with E-state index in [0.717, 1.165) is 24.8 Å². The molecule has 6 nitrogen and oxygen atoms in total. The molecule has 2 aliphatic heterocycles. The number of hydrogen-bond acceptors (Lipinski definition) is 3. The van der Waals surface area contributed by atoms with Crippen molar-refractivity contribution in [3.8, 4) is 0 Å². The monoisotopic (exact) mass is 481 g/mol. The van der Waals surface area contributed by atoms with E-state index in [1.165, 1.54) is 5.56 Å². The van der Waals surface area contributed by atoms with Crippen LogP contribution in [0.5, 0.6) is 0 Å². The highest BCUT2D eigenvalue weighted by Crippen LogP contribution is 2.33. The summed E-state index contributed by atoms with van der Waals surface area (Å²) in [5, 5.41) is 3.10. The minimum atomic E-state index is -0.429. The van der Waals surface area contributed by atoms with Gasteiger partial charge in [-0.1, -0.05) is 54.6 Å². The van der Waals surface area contributed by atoms with E-state index in [4.69, 9.17) is 0 Å². The molecule has 6 heteroatoms. The Morgan fingerprint density at radius 3 is 2.56 bits per heavy atom. The average molecular weight is 482 g/mol. The number of carbonyl (C=O) groups excluding carboxylic acids is 3. The summed E-state index contributed by atoms with van der Waals surface area (Å²) >= 11 is 0. The fourth-order valence-corrected chi connectivity index (χ4v) is 5.17. The fourth-order valence-electron chi connectivity index (χ4n) is 5.17. The molecule has 0 aliphatic carbocycles. The summed E-state index contributed by atoms with van der Waals surface area (Å²) in [7, 11) is 0. The van der Waals surface area contributed by atoms with Gasteiger partial charge < -0.3 is 15.1 Å². The lowest BCUT2D eigenvalue weighted by Crippen LogP contribution is -2.44. The molecule has 3 aromatic rings. The zero-order valence-corrected chi connectivity index (χ0v) is 20.5. The first-order chi connectivity index (χ1) is 17.5. The number of fused-ring (bicyclic) bond motifs is 2. The Labute approximate surface area is 211 Å². The van der Waals surface area contributed by atoms with E-state index in [1.807, 2.05) is 61.5 Å². The average Bonchev–Trinajstić information content (AvgIpc) is 3.38. The molecule has 0 saturated carbocycles. The predicted molar refractivity (Wildman–Crippen MR) is 140 cm³/mol. The first-order valence-electron chi connectivity index (χ1n) is 12.7. The minimum absolute atomic E-state index is 0.0276. The van der Waals surface area contributed by atoms with Crippen LogP contribution in [-0.2, 0) is 17.8 Å². The third-order valence-electron chi connectivity index (χ3n) is 7.11. The molecule has 184 valence electrons. The van der Waals surface area contributed by atoms with Gasteiger partial charge in [-0.15, -0.1) is 0 Å². The number of anilines is 1.